The number of hydrogen-bond donors (Lipinski definition) is 0. The molecule has 3 aliphatic rings. The van der Waals surface area contributed by atoms with Crippen LogP contribution in [0.3, 0.4) is 0 Å². The maximum absolute atomic E-state index is 5.46. The van der Waals surface area contributed by atoms with E-state index in [-0.39, 0.29) is 39.4 Å². The summed E-state index contributed by atoms with van der Waals surface area (Å²) >= 11 is 0. The monoisotopic (exact) mass is 321 g/mol. The predicted molar refractivity (Wildman–Crippen MR) is 92.6 cm³/mol. The van der Waals surface area contributed by atoms with Crippen LogP contribution in [0.4, 0.5) is 0 Å². The average molecular weight is 321 g/mol. The third-order valence-corrected chi connectivity index (χ3v) is 6.51. The zero-order valence-electron chi connectivity index (χ0n) is 16.2. The van der Waals surface area contributed by atoms with Crippen LogP contribution in [0.1, 0.15) is 57.5 Å². The smallest absolute Gasteiger partial charge is 1.00 e. The normalized spacial score (nSPS) is 26.6. The molecule has 0 heterocycles. The van der Waals surface area contributed by atoms with Gasteiger partial charge in [-0.25, -0.2) is 0 Å². The first-order valence-corrected chi connectivity index (χ1v) is 8.67. The molecule has 0 spiro atoms. The third-order valence-electron chi connectivity index (χ3n) is 6.51. The van der Waals surface area contributed by atoms with Gasteiger partial charge < -0.3 is 19.1 Å². The fourth-order valence-corrected chi connectivity index (χ4v) is 4.97. The van der Waals surface area contributed by atoms with Crippen LogP contribution >= 0.6 is 0 Å². The number of nitrogens with zero attached hydrogens (tertiary/aromatic N) is 1. The summed E-state index contributed by atoms with van der Waals surface area (Å²) in [5, 5.41) is 0. The summed E-state index contributed by atoms with van der Waals surface area (Å²) in [4.78, 5) is 0. The first kappa shape index (κ1) is 19.4. The fraction of sp³-hybridized carbons (Fsp3) is 0.684. The van der Waals surface area contributed by atoms with Gasteiger partial charge in [0.05, 0.1) is 32.3 Å². The van der Waals surface area contributed by atoms with Crippen molar-refractivity contribution in [2.24, 2.45) is 0 Å². The summed E-state index contributed by atoms with van der Waals surface area (Å²) in [6.45, 7) is 2.46. The molecule has 0 bridgehead atoms. The second-order valence-electron chi connectivity index (χ2n) is 7.64. The van der Waals surface area contributed by atoms with Crippen LogP contribution in [-0.2, 0) is 6.42 Å². The molecule has 0 aliphatic heterocycles. The molecule has 0 N–H and O–H groups in total. The van der Waals surface area contributed by atoms with Gasteiger partial charge in [-0.3, -0.25) is 0 Å². The topological polar surface area (TPSA) is 9.23 Å². The zero-order valence-corrected chi connectivity index (χ0v) is 17.2. The molecule has 1 aromatic carbocycles. The minimum atomic E-state index is 0. The summed E-state index contributed by atoms with van der Waals surface area (Å²) in [7, 11) is 4.35. The average Bonchev–Trinajstić information content (AvgIpc) is 3.39. The van der Waals surface area contributed by atoms with Crippen molar-refractivity contribution in [1.29, 1.82) is 0 Å². The van der Waals surface area contributed by atoms with Gasteiger partial charge in [-0.15, -0.1) is 0 Å². The number of quaternary nitrogens is 1. The largest absolute Gasteiger partial charge is 1.00 e. The first-order chi connectivity index (χ1) is 10.1. The molecule has 3 aliphatic carbocycles. The van der Waals surface area contributed by atoms with E-state index in [0.717, 1.165) is 23.9 Å². The van der Waals surface area contributed by atoms with Gasteiger partial charge in [0.25, 0.3) is 0 Å². The number of benzene rings is 1. The van der Waals surface area contributed by atoms with Crippen LogP contribution in [0.15, 0.2) is 18.2 Å². The number of methoxy groups -OCH3 is 1. The number of rotatable bonds is 4. The molecule has 23 heavy (non-hydrogen) atoms. The van der Waals surface area contributed by atoms with Crippen LogP contribution in [0.25, 0.3) is 0 Å². The Bertz CT molecular complexity index is 550. The van der Waals surface area contributed by atoms with E-state index >= 15 is 0 Å². The van der Waals surface area contributed by atoms with Crippen molar-refractivity contribution in [1.82, 2.24) is 0 Å². The Hall–Kier alpha value is 0.0449. The van der Waals surface area contributed by atoms with Crippen LogP contribution in [-0.4, -0.2) is 45.2 Å². The van der Waals surface area contributed by atoms with E-state index in [0.29, 0.717) is 5.92 Å². The molecule has 120 valence electrons. The molecule has 0 aromatic heterocycles. The molecule has 2 nitrogen and oxygen atoms in total. The van der Waals surface area contributed by atoms with Crippen LogP contribution < -0.4 is 34.3 Å². The molecule has 4 radical (unpaired) electrons. The second kappa shape index (κ2) is 7.11. The van der Waals surface area contributed by atoms with Crippen molar-refractivity contribution in [3.05, 3.63) is 29.3 Å². The Morgan fingerprint density at radius 2 is 1.70 bits per heavy atom. The van der Waals surface area contributed by atoms with Crippen LogP contribution in [0.2, 0.25) is 0 Å². The first-order valence-electron chi connectivity index (χ1n) is 8.67. The molecule has 2 fully saturated rings. The molecule has 0 saturated heterocycles. The zero-order chi connectivity index (χ0) is 14.6. The number of hydrogen-bond acceptors (Lipinski definition) is 1. The Morgan fingerprint density at radius 3 is 2.22 bits per heavy atom. The second-order valence-corrected chi connectivity index (χ2v) is 7.64. The molecular weight excluding hydrogens is 292 g/mol. The molecule has 0 unspecified atom stereocenters. The van der Waals surface area contributed by atoms with E-state index in [1.807, 2.05) is 0 Å². The standard InChI is InChI=1S/C19H28NO.B.Na.H/c1-13-18-12-17(21-3)10-4-14(18)5-11-19(13)20(2,15-6-7-15)16-8-9-16;;;/h4,10,12-13,15-16,19H,5-9,11H2,1-3H3;;;/q+1;-1;+1;-1/t13-,19+;;;/m1.../s1. The van der Waals surface area contributed by atoms with Gasteiger partial charge in [0.2, 0.25) is 0 Å². The molecule has 1 aromatic rings. The fourth-order valence-electron chi connectivity index (χ4n) is 4.97. The molecule has 2 atom stereocenters. The SMILES string of the molecule is COc1ccc2c(c1)[C@@H](C)[C@@H]([N+](C)(C1CC1)C1CC1)CC2.[B-].[H-].[Na+]. The minimum absolute atomic E-state index is 0. The molecule has 0 amide bonds. The summed E-state index contributed by atoms with van der Waals surface area (Å²) in [5.41, 5.74) is 3.11. The van der Waals surface area contributed by atoms with Crippen LogP contribution in [0, 0.1) is 0 Å². The summed E-state index contributed by atoms with van der Waals surface area (Å²) in [6.07, 6.45) is 8.45. The van der Waals surface area contributed by atoms with Crippen molar-refractivity contribution in [3.63, 3.8) is 0 Å². The summed E-state index contributed by atoms with van der Waals surface area (Å²) in [5.74, 6) is 1.68. The van der Waals surface area contributed by atoms with E-state index in [4.69, 9.17) is 4.74 Å². The Balaban J connectivity index is 0.000000960. The predicted octanol–water partition coefficient (Wildman–Crippen LogP) is 0.621. The number of likely N-dealkylation sites (N-methyl/N-ethyl adjacent to an activating group) is 1. The van der Waals surface area contributed by atoms with Gasteiger partial charge in [-0.05, 0) is 29.7 Å². The summed E-state index contributed by atoms with van der Waals surface area (Å²) < 4.78 is 6.84. The number of ether oxygens (including phenoxy) is 1. The van der Waals surface area contributed by atoms with E-state index in [2.05, 4.69) is 32.2 Å². The number of aryl methyl sites for hydroxylation is 1. The minimum Gasteiger partial charge on any atom is -1.00 e. The van der Waals surface area contributed by atoms with Gasteiger partial charge in [0, 0.05) is 38.0 Å². The van der Waals surface area contributed by atoms with Crippen molar-refractivity contribution in [2.75, 3.05) is 14.2 Å². The Labute approximate surface area is 166 Å². The van der Waals surface area contributed by atoms with Gasteiger partial charge in [0.15, 0.2) is 0 Å². The van der Waals surface area contributed by atoms with Gasteiger partial charge in [-0.2, -0.15) is 0 Å². The molecule has 4 rings (SSSR count). The molecule has 2 saturated carbocycles. The van der Waals surface area contributed by atoms with E-state index in [1.54, 1.807) is 18.2 Å². The quantitative estimate of drug-likeness (QED) is 0.584. The number of fused-ring (bicyclic) bond motifs is 1. The Morgan fingerprint density at radius 1 is 1.09 bits per heavy atom. The van der Waals surface area contributed by atoms with Crippen molar-refractivity contribution >= 4 is 8.41 Å². The Kier molecular flexibility index (Phi) is 5.99. The van der Waals surface area contributed by atoms with E-state index in [1.165, 1.54) is 43.0 Å². The van der Waals surface area contributed by atoms with Gasteiger partial charge in [-0.1, -0.05) is 13.0 Å². The van der Waals surface area contributed by atoms with Crippen molar-refractivity contribution < 1.29 is 40.2 Å². The van der Waals surface area contributed by atoms with E-state index < -0.39 is 0 Å². The van der Waals surface area contributed by atoms with E-state index in [9.17, 15) is 0 Å². The maximum atomic E-state index is 5.46. The van der Waals surface area contributed by atoms with Crippen molar-refractivity contribution in [3.8, 4) is 5.75 Å². The third kappa shape index (κ3) is 3.27. The van der Waals surface area contributed by atoms with Crippen LogP contribution in [0.5, 0.6) is 5.75 Å². The van der Waals surface area contributed by atoms with Crippen molar-refractivity contribution in [2.45, 2.75) is 69.5 Å². The van der Waals surface area contributed by atoms with Gasteiger partial charge >= 0.3 is 29.6 Å². The molecule has 4 heteroatoms. The maximum Gasteiger partial charge on any atom is 1.00 e. The molecular formula is C19H29BNNaO. The van der Waals surface area contributed by atoms with Gasteiger partial charge in [0.1, 0.15) is 5.75 Å². The summed E-state index contributed by atoms with van der Waals surface area (Å²) in [6, 6.07) is 9.44.